The van der Waals surface area contributed by atoms with Gasteiger partial charge in [0, 0.05) is 31.3 Å². The summed E-state index contributed by atoms with van der Waals surface area (Å²) in [4.78, 5) is 12.1. The molecule has 0 spiro atoms. The van der Waals surface area contributed by atoms with Crippen molar-refractivity contribution in [2.24, 2.45) is 0 Å². The van der Waals surface area contributed by atoms with Crippen LogP contribution in [0.15, 0.2) is 66.8 Å². The van der Waals surface area contributed by atoms with Gasteiger partial charge in [-0.15, -0.1) is 0 Å². The Morgan fingerprint density at radius 2 is 1.79 bits per heavy atom. The van der Waals surface area contributed by atoms with Crippen molar-refractivity contribution in [1.82, 2.24) is 15.0 Å². The van der Waals surface area contributed by atoms with Gasteiger partial charge in [0.25, 0.3) is 0 Å². The summed E-state index contributed by atoms with van der Waals surface area (Å²) in [5.74, 6) is 1.55. The lowest BCUT2D eigenvalue weighted by molar-refractivity contribution is -0.141. The topological polar surface area (TPSA) is 62.7 Å². The number of nitrogens with one attached hydrogen (secondary N) is 2. The molecule has 0 saturated heterocycles. The van der Waals surface area contributed by atoms with Crippen LogP contribution in [0.3, 0.4) is 0 Å². The Bertz CT molecular complexity index is 1010. The van der Waals surface area contributed by atoms with E-state index in [9.17, 15) is 13.2 Å². The fourth-order valence-corrected chi connectivity index (χ4v) is 3.08. The Morgan fingerprint density at radius 3 is 2.52 bits per heavy atom. The quantitative estimate of drug-likeness (QED) is 0.659. The number of pyridine rings is 3. The molecular formula is C21H18F3N5. The number of fused-ring (bicyclic) bond motifs is 1. The molecule has 4 heterocycles. The summed E-state index contributed by atoms with van der Waals surface area (Å²) in [6, 6.07) is 10.2. The van der Waals surface area contributed by atoms with Crippen molar-refractivity contribution < 1.29 is 13.2 Å². The lowest BCUT2D eigenvalue weighted by atomic mass is 9.98. The highest BCUT2D eigenvalue weighted by molar-refractivity contribution is 5.52. The van der Waals surface area contributed by atoms with Crippen LogP contribution in [0.5, 0.6) is 0 Å². The van der Waals surface area contributed by atoms with E-state index in [4.69, 9.17) is 0 Å². The zero-order valence-corrected chi connectivity index (χ0v) is 15.4. The molecular weight excluding hydrogens is 379 g/mol. The summed E-state index contributed by atoms with van der Waals surface area (Å²) in [5.41, 5.74) is 3.24. The van der Waals surface area contributed by atoms with Crippen molar-refractivity contribution in [3.63, 3.8) is 0 Å². The number of hydrogen-bond donors (Lipinski definition) is 2. The average Bonchev–Trinajstić information content (AvgIpc) is 2.73. The van der Waals surface area contributed by atoms with E-state index in [-0.39, 0.29) is 0 Å². The zero-order chi connectivity index (χ0) is 20.3. The van der Waals surface area contributed by atoms with Crippen LogP contribution in [0, 0.1) is 0 Å². The second kappa shape index (κ2) is 7.90. The van der Waals surface area contributed by atoms with Crippen LogP contribution in [0.25, 0.3) is 0 Å². The monoisotopic (exact) mass is 397 g/mol. The van der Waals surface area contributed by atoms with E-state index in [1.807, 2.05) is 24.4 Å². The molecule has 5 nitrogen and oxygen atoms in total. The molecule has 0 aliphatic carbocycles. The molecule has 8 heteroatoms. The van der Waals surface area contributed by atoms with Gasteiger partial charge < -0.3 is 10.6 Å². The molecule has 0 aromatic carbocycles. The summed E-state index contributed by atoms with van der Waals surface area (Å²) in [6.07, 6.45) is 3.96. The predicted octanol–water partition coefficient (Wildman–Crippen LogP) is 4.60. The molecule has 1 aliphatic heterocycles. The number of anilines is 2. The molecule has 29 heavy (non-hydrogen) atoms. The number of allylic oxidation sites excluding steroid dienone is 1. The number of hydrogen-bond acceptors (Lipinski definition) is 5. The number of aromatic nitrogens is 3. The molecule has 3 aromatic heterocycles. The Labute approximate surface area is 165 Å². The van der Waals surface area contributed by atoms with Crippen LogP contribution < -0.4 is 10.6 Å². The summed E-state index contributed by atoms with van der Waals surface area (Å²) < 4.78 is 37.7. The second-order valence-corrected chi connectivity index (χ2v) is 6.77. The SMILES string of the molecule is FC(F)(F)c1ccc(CNc2ccc(CC3=CNc4ncccc4C3)cn2)cn1. The normalized spacial score (nSPS) is 13.3. The van der Waals surface area contributed by atoms with Crippen LogP contribution in [-0.2, 0) is 25.6 Å². The van der Waals surface area contributed by atoms with Gasteiger partial charge in [-0.2, -0.15) is 13.2 Å². The van der Waals surface area contributed by atoms with Gasteiger partial charge in [0.15, 0.2) is 0 Å². The molecule has 0 fully saturated rings. The van der Waals surface area contributed by atoms with Gasteiger partial charge in [0.2, 0.25) is 0 Å². The van der Waals surface area contributed by atoms with Crippen LogP contribution in [0.4, 0.5) is 24.8 Å². The van der Waals surface area contributed by atoms with Crippen LogP contribution in [0.1, 0.15) is 22.4 Å². The Hall–Kier alpha value is -3.42. The maximum absolute atomic E-state index is 12.6. The largest absolute Gasteiger partial charge is 0.433 e. The van der Waals surface area contributed by atoms with Gasteiger partial charge in [0.05, 0.1) is 0 Å². The highest BCUT2D eigenvalue weighted by Gasteiger charge is 2.31. The molecule has 0 atom stereocenters. The highest BCUT2D eigenvalue weighted by Crippen LogP contribution is 2.27. The highest BCUT2D eigenvalue weighted by atomic mass is 19.4. The summed E-state index contributed by atoms with van der Waals surface area (Å²) >= 11 is 0. The first kappa shape index (κ1) is 18.9. The molecule has 0 radical (unpaired) electrons. The molecule has 0 amide bonds. The van der Waals surface area contributed by atoms with E-state index >= 15 is 0 Å². The van der Waals surface area contributed by atoms with Crippen LogP contribution >= 0.6 is 0 Å². The molecule has 0 bridgehead atoms. The minimum absolute atomic E-state index is 0.344. The van der Waals surface area contributed by atoms with E-state index in [2.05, 4.69) is 31.7 Å². The molecule has 148 valence electrons. The zero-order valence-electron chi connectivity index (χ0n) is 15.4. The summed E-state index contributed by atoms with van der Waals surface area (Å²) in [7, 11) is 0. The van der Waals surface area contributed by atoms with Crippen molar-refractivity contribution in [3.8, 4) is 0 Å². The first-order chi connectivity index (χ1) is 14.0. The maximum Gasteiger partial charge on any atom is 0.433 e. The first-order valence-corrected chi connectivity index (χ1v) is 9.07. The number of halogens is 3. The minimum atomic E-state index is -4.43. The third-order valence-corrected chi connectivity index (χ3v) is 4.57. The van der Waals surface area contributed by atoms with E-state index in [1.165, 1.54) is 23.4 Å². The third kappa shape index (κ3) is 4.71. The summed E-state index contributed by atoms with van der Waals surface area (Å²) in [5, 5.41) is 6.31. The Morgan fingerprint density at radius 1 is 0.966 bits per heavy atom. The lowest BCUT2D eigenvalue weighted by Crippen LogP contribution is -2.09. The molecule has 3 aromatic rings. The van der Waals surface area contributed by atoms with Gasteiger partial charge in [-0.1, -0.05) is 18.2 Å². The van der Waals surface area contributed by atoms with E-state index in [1.54, 1.807) is 12.4 Å². The first-order valence-electron chi connectivity index (χ1n) is 9.07. The average molecular weight is 397 g/mol. The molecule has 0 saturated carbocycles. The van der Waals surface area contributed by atoms with Gasteiger partial charge >= 0.3 is 6.18 Å². The third-order valence-electron chi connectivity index (χ3n) is 4.57. The molecule has 0 unspecified atom stereocenters. The van der Waals surface area contributed by atoms with E-state index in [0.717, 1.165) is 30.3 Å². The standard InChI is InChI=1S/C21H18F3N5/c22-21(23,24)18-5-3-15(11-26-18)12-28-19-6-4-14(10-27-19)8-16-9-17-2-1-7-25-20(17)29-13-16/h1-7,10-11,13H,8-9,12H2,(H,25,29)(H,27,28). The molecule has 4 rings (SSSR count). The molecule has 1 aliphatic rings. The van der Waals surface area contributed by atoms with Crippen molar-refractivity contribution >= 4 is 11.6 Å². The van der Waals surface area contributed by atoms with Crippen LogP contribution in [-0.4, -0.2) is 15.0 Å². The number of rotatable bonds is 5. The fourth-order valence-electron chi connectivity index (χ4n) is 3.08. The maximum atomic E-state index is 12.6. The van der Waals surface area contributed by atoms with Crippen molar-refractivity contribution in [1.29, 1.82) is 0 Å². The second-order valence-electron chi connectivity index (χ2n) is 6.77. The van der Waals surface area contributed by atoms with Gasteiger partial charge in [-0.3, -0.25) is 4.98 Å². The minimum Gasteiger partial charge on any atom is -0.366 e. The fraction of sp³-hybridized carbons (Fsp3) is 0.190. The van der Waals surface area contributed by atoms with E-state index in [0.29, 0.717) is 17.9 Å². The van der Waals surface area contributed by atoms with Gasteiger partial charge in [0.1, 0.15) is 17.3 Å². The van der Waals surface area contributed by atoms with Gasteiger partial charge in [-0.25, -0.2) is 9.97 Å². The van der Waals surface area contributed by atoms with Crippen LogP contribution in [0.2, 0.25) is 0 Å². The Balaban J connectivity index is 1.32. The number of nitrogens with zero attached hydrogens (tertiary/aromatic N) is 3. The summed E-state index contributed by atoms with van der Waals surface area (Å²) in [6.45, 7) is 0.344. The predicted molar refractivity (Wildman–Crippen MR) is 104 cm³/mol. The van der Waals surface area contributed by atoms with Crippen molar-refractivity contribution in [2.45, 2.75) is 25.6 Å². The van der Waals surface area contributed by atoms with Crippen molar-refractivity contribution in [3.05, 3.63) is 89.1 Å². The van der Waals surface area contributed by atoms with Crippen molar-refractivity contribution in [2.75, 3.05) is 10.6 Å². The number of alkyl halides is 3. The smallest absolute Gasteiger partial charge is 0.366 e. The van der Waals surface area contributed by atoms with E-state index < -0.39 is 11.9 Å². The van der Waals surface area contributed by atoms with Gasteiger partial charge in [-0.05, 0) is 53.3 Å². The Kier molecular flexibility index (Phi) is 5.16. The molecule has 2 N–H and O–H groups in total. The lowest BCUT2D eigenvalue weighted by Gasteiger charge is -2.17.